The second kappa shape index (κ2) is 10.1. The number of nitrogens with one attached hydrogen (secondary N) is 1. The molecule has 0 bridgehead atoms. The topological polar surface area (TPSA) is 92.8 Å². The lowest BCUT2D eigenvalue weighted by Gasteiger charge is -2.49. The van der Waals surface area contributed by atoms with E-state index in [1.54, 1.807) is 19.1 Å². The van der Waals surface area contributed by atoms with E-state index in [1.165, 1.54) is 18.1 Å². The molecule has 8 heteroatoms. The largest absolute Gasteiger partial charge is 0.495 e. The van der Waals surface area contributed by atoms with E-state index in [2.05, 4.69) is 4.72 Å². The fraction of sp³-hybridized carbons (Fsp3) is 0.286. The Morgan fingerprint density at radius 3 is 2.08 bits per heavy atom. The highest BCUT2D eigenvalue weighted by Crippen LogP contribution is 2.36. The highest BCUT2D eigenvalue weighted by atomic mass is 32.2. The molecule has 1 atom stereocenters. The van der Waals surface area contributed by atoms with Gasteiger partial charge in [-0.15, -0.1) is 0 Å². The monoisotopic (exact) mass is 506 g/mol. The predicted octanol–water partition coefficient (Wildman–Crippen LogP) is 4.02. The van der Waals surface area contributed by atoms with Crippen LogP contribution in [0.1, 0.15) is 42.4 Å². The highest BCUT2D eigenvalue weighted by Gasteiger charge is 2.50. The summed E-state index contributed by atoms with van der Waals surface area (Å²) >= 11 is 0. The molecule has 1 aliphatic rings. The number of aryl methyl sites for hydroxylation is 1. The molecule has 1 heterocycles. The molecule has 1 N–H and O–H groups in total. The smallest absolute Gasteiger partial charge is 0.267 e. The van der Waals surface area contributed by atoms with E-state index < -0.39 is 21.5 Å². The summed E-state index contributed by atoms with van der Waals surface area (Å²) in [6.45, 7) is 3.80. The molecule has 1 fully saturated rings. The molecule has 0 radical (unpaired) electrons. The summed E-state index contributed by atoms with van der Waals surface area (Å²) in [6.07, 6.45) is 0.530. The number of carbonyl (C=O) groups excluding carboxylic acids is 2. The van der Waals surface area contributed by atoms with Gasteiger partial charge in [0, 0.05) is 18.9 Å². The minimum absolute atomic E-state index is 0.127. The molecule has 3 aromatic rings. The fourth-order valence-electron chi connectivity index (χ4n) is 4.56. The van der Waals surface area contributed by atoms with Crippen molar-refractivity contribution in [1.29, 1.82) is 0 Å². The molecule has 0 saturated carbocycles. The molecule has 36 heavy (non-hydrogen) atoms. The fourth-order valence-corrected chi connectivity index (χ4v) is 5.79. The second-order valence-electron chi connectivity index (χ2n) is 9.24. The maximum atomic E-state index is 13.5. The minimum atomic E-state index is -4.20. The van der Waals surface area contributed by atoms with Crippen LogP contribution < -0.4 is 9.46 Å². The first-order valence-electron chi connectivity index (χ1n) is 11.8. The van der Waals surface area contributed by atoms with E-state index >= 15 is 0 Å². The molecule has 0 aromatic heterocycles. The van der Waals surface area contributed by atoms with Crippen LogP contribution in [0.25, 0.3) is 0 Å². The molecule has 4 rings (SSSR count). The Morgan fingerprint density at radius 1 is 1.00 bits per heavy atom. The molecule has 7 nitrogen and oxygen atoms in total. The van der Waals surface area contributed by atoms with Crippen LogP contribution in [0.4, 0.5) is 0 Å². The van der Waals surface area contributed by atoms with Crippen molar-refractivity contribution in [1.82, 2.24) is 9.62 Å². The van der Waals surface area contributed by atoms with Gasteiger partial charge in [0.1, 0.15) is 16.2 Å². The third kappa shape index (κ3) is 4.99. The lowest BCUT2D eigenvalue weighted by atomic mass is 9.83. The highest BCUT2D eigenvalue weighted by molar-refractivity contribution is 7.90. The zero-order valence-corrected chi connectivity index (χ0v) is 21.4. The summed E-state index contributed by atoms with van der Waals surface area (Å²) in [5.74, 6) is -0.980. The van der Waals surface area contributed by atoms with Gasteiger partial charge >= 0.3 is 0 Å². The van der Waals surface area contributed by atoms with Crippen LogP contribution in [0, 0.1) is 6.92 Å². The lowest BCUT2D eigenvalue weighted by molar-refractivity contribution is -0.156. The van der Waals surface area contributed by atoms with Gasteiger partial charge in [-0.3, -0.25) is 9.59 Å². The van der Waals surface area contributed by atoms with Gasteiger partial charge in [0.2, 0.25) is 5.91 Å². The summed E-state index contributed by atoms with van der Waals surface area (Å²) in [7, 11) is -2.82. The Labute approximate surface area is 212 Å². The Hall–Kier alpha value is -3.65. The SMILES string of the molecule is COc1cc(C)ccc1S(=O)(=O)NC(=O)C1(C)CCN1C(=O)CC(c1ccccc1)c1ccccc1. The maximum Gasteiger partial charge on any atom is 0.267 e. The van der Waals surface area contributed by atoms with Crippen molar-refractivity contribution in [3.63, 3.8) is 0 Å². The number of sulfonamides is 1. The van der Waals surface area contributed by atoms with Crippen molar-refractivity contribution in [2.45, 2.75) is 43.0 Å². The number of nitrogens with zero attached hydrogens (tertiary/aromatic N) is 1. The van der Waals surface area contributed by atoms with Crippen molar-refractivity contribution in [3.05, 3.63) is 95.6 Å². The van der Waals surface area contributed by atoms with E-state index in [4.69, 9.17) is 4.74 Å². The van der Waals surface area contributed by atoms with Crippen LogP contribution >= 0.6 is 0 Å². The Bertz CT molecular complexity index is 1320. The average molecular weight is 507 g/mol. The van der Waals surface area contributed by atoms with Gasteiger partial charge in [-0.1, -0.05) is 66.7 Å². The van der Waals surface area contributed by atoms with Crippen molar-refractivity contribution >= 4 is 21.8 Å². The van der Waals surface area contributed by atoms with Gasteiger partial charge in [-0.25, -0.2) is 13.1 Å². The maximum absolute atomic E-state index is 13.5. The predicted molar refractivity (Wildman–Crippen MR) is 137 cm³/mol. The van der Waals surface area contributed by atoms with Gasteiger partial charge in [0.25, 0.3) is 15.9 Å². The number of rotatable bonds is 8. The van der Waals surface area contributed by atoms with Gasteiger partial charge in [0.15, 0.2) is 0 Å². The summed E-state index contributed by atoms with van der Waals surface area (Å²) in [5, 5.41) is 0. The molecule has 1 unspecified atom stereocenters. The summed E-state index contributed by atoms with van der Waals surface area (Å²) < 4.78 is 33.4. The van der Waals surface area contributed by atoms with Gasteiger partial charge in [0.05, 0.1) is 7.11 Å². The quantitative estimate of drug-likeness (QED) is 0.498. The number of benzene rings is 3. The Morgan fingerprint density at radius 2 is 1.58 bits per heavy atom. The van der Waals surface area contributed by atoms with Crippen molar-refractivity contribution in [2.24, 2.45) is 0 Å². The molecule has 1 saturated heterocycles. The number of hydrogen-bond acceptors (Lipinski definition) is 5. The number of ether oxygens (including phenoxy) is 1. The van der Waals surface area contributed by atoms with Crippen LogP contribution in [-0.2, 0) is 19.6 Å². The van der Waals surface area contributed by atoms with Crippen LogP contribution in [0.15, 0.2) is 83.8 Å². The van der Waals surface area contributed by atoms with Crippen LogP contribution in [0.5, 0.6) is 5.75 Å². The van der Waals surface area contributed by atoms with Crippen molar-refractivity contribution in [3.8, 4) is 5.75 Å². The molecular weight excluding hydrogens is 476 g/mol. The Balaban J connectivity index is 1.54. The van der Waals surface area contributed by atoms with E-state index in [0.29, 0.717) is 13.0 Å². The first-order chi connectivity index (χ1) is 17.2. The number of methoxy groups -OCH3 is 1. The van der Waals surface area contributed by atoms with Crippen LogP contribution in [-0.4, -0.2) is 44.3 Å². The number of amides is 2. The first kappa shape index (κ1) is 25.4. The molecule has 188 valence electrons. The molecule has 1 aliphatic heterocycles. The first-order valence-corrected chi connectivity index (χ1v) is 13.3. The average Bonchev–Trinajstić information content (AvgIpc) is 2.86. The molecule has 3 aromatic carbocycles. The normalized spacial score (nSPS) is 17.4. The van der Waals surface area contributed by atoms with Gasteiger partial charge < -0.3 is 9.64 Å². The van der Waals surface area contributed by atoms with Gasteiger partial charge in [-0.2, -0.15) is 0 Å². The number of likely N-dealkylation sites (tertiary alicyclic amines) is 1. The number of hydrogen-bond donors (Lipinski definition) is 1. The summed E-state index contributed by atoms with van der Waals surface area (Å²) in [4.78, 5) is 28.0. The zero-order valence-electron chi connectivity index (χ0n) is 20.6. The minimum Gasteiger partial charge on any atom is -0.495 e. The third-order valence-corrected chi connectivity index (χ3v) is 8.20. The van der Waals surface area contributed by atoms with Crippen LogP contribution in [0.2, 0.25) is 0 Å². The number of carbonyl (C=O) groups is 2. The Kier molecular flexibility index (Phi) is 7.17. The molecular formula is C28H30N2O5S. The standard InChI is InChI=1S/C28H30N2O5S/c1-20-14-15-25(24(18-20)35-3)36(33,34)29-27(32)28(2)16-17-30(28)26(31)19-23(21-10-6-4-7-11-21)22-12-8-5-9-13-22/h4-15,18,23H,16-17,19H2,1-3H3,(H,29,32). The van der Waals surface area contributed by atoms with E-state index in [-0.39, 0.29) is 28.9 Å². The van der Waals surface area contributed by atoms with Gasteiger partial charge in [-0.05, 0) is 49.1 Å². The summed E-state index contributed by atoms with van der Waals surface area (Å²) in [6, 6.07) is 24.1. The molecule has 2 amide bonds. The summed E-state index contributed by atoms with van der Waals surface area (Å²) in [5.41, 5.74) is 1.56. The zero-order chi connectivity index (χ0) is 25.9. The molecule has 0 aliphatic carbocycles. The van der Waals surface area contributed by atoms with Crippen molar-refractivity contribution < 1.29 is 22.7 Å². The lowest BCUT2D eigenvalue weighted by Crippen LogP contribution is -2.67. The van der Waals surface area contributed by atoms with Crippen LogP contribution in [0.3, 0.4) is 0 Å². The molecule has 0 spiro atoms. The third-order valence-electron chi connectivity index (χ3n) is 6.83. The van der Waals surface area contributed by atoms with E-state index in [9.17, 15) is 18.0 Å². The second-order valence-corrected chi connectivity index (χ2v) is 10.9. The van der Waals surface area contributed by atoms with E-state index in [1.807, 2.05) is 67.6 Å². The van der Waals surface area contributed by atoms with Crippen molar-refractivity contribution in [2.75, 3.05) is 13.7 Å². The van der Waals surface area contributed by atoms with E-state index in [0.717, 1.165) is 16.7 Å².